The molecule has 8 nitrogen and oxygen atoms in total. The number of aromatic nitrogens is 5. The molecule has 48 heavy (non-hydrogen) atoms. The molecular weight excluding hydrogens is 603 g/mol. The molecule has 6 aromatic rings. The van der Waals surface area contributed by atoms with Crippen LogP contribution in [0.4, 0.5) is 4.39 Å². The number of hydrogen-bond acceptors (Lipinski definition) is 5. The maximum atomic E-state index is 14.3. The van der Waals surface area contributed by atoms with Gasteiger partial charge in [0.25, 0.3) is 0 Å². The average Bonchev–Trinajstić information content (AvgIpc) is 3.83. The van der Waals surface area contributed by atoms with E-state index >= 15 is 0 Å². The standard InChI is InChI=1S/C39H43FN6O2/c1-24(2)23-48-39(47)38-37(33-19-28(40)9-11-35(33)42-38)36-22-46(44-43-36)21-26-13-16-45(17-14-26)20-27-8-10-30(32(18-27)25(3)4)29-6-5-7-34-31(29)12-15-41-34/h5-12,15,18-19,22,24-26,41-42H,13-14,16-17,20-21,23H2,1-4H3. The molecule has 0 saturated carbocycles. The molecule has 2 N–H and O–H groups in total. The van der Waals surface area contributed by atoms with Crippen LogP contribution < -0.4 is 0 Å². The summed E-state index contributed by atoms with van der Waals surface area (Å²) >= 11 is 0. The number of nitrogens with zero attached hydrogens (tertiary/aromatic N) is 4. The molecule has 0 spiro atoms. The van der Waals surface area contributed by atoms with Crippen molar-refractivity contribution in [3.63, 3.8) is 0 Å². The summed E-state index contributed by atoms with van der Waals surface area (Å²) in [5.74, 6) is 0.209. The molecule has 7 rings (SSSR count). The number of piperidine rings is 1. The summed E-state index contributed by atoms with van der Waals surface area (Å²) in [7, 11) is 0. The number of benzene rings is 3. The minimum absolute atomic E-state index is 0.195. The molecule has 248 valence electrons. The molecule has 3 aromatic heterocycles. The number of nitrogens with one attached hydrogen (secondary N) is 2. The first-order chi connectivity index (χ1) is 23.2. The van der Waals surface area contributed by atoms with Gasteiger partial charge in [-0.1, -0.05) is 63.2 Å². The predicted molar refractivity (Wildman–Crippen MR) is 188 cm³/mol. The van der Waals surface area contributed by atoms with Crippen molar-refractivity contribution in [1.82, 2.24) is 29.9 Å². The largest absolute Gasteiger partial charge is 0.461 e. The molecule has 4 heterocycles. The van der Waals surface area contributed by atoms with E-state index in [1.54, 1.807) is 6.07 Å². The molecule has 0 unspecified atom stereocenters. The first-order valence-corrected chi connectivity index (χ1v) is 17.0. The number of halogens is 1. The molecule has 1 saturated heterocycles. The van der Waals surface area contributed by atoms with E-state index in [9.17, 15) is 9.18 Å². The van der Waals surface area contributed by atoms with Gasteiger partial charge in [0, 0.05) is 46.7 Å². The Morgan fingerprint density at radius 2 is 1.81 bits per heavy atom. The number of fused-ring (bicyclic) bond motifs is 2. The Balaban J connectivity index is 1.02. The van der Waals surface area contributed by atoms with E-state index in [4.69, 9.17) is 4.74 Å². The zero-order chi connectivity index (χ0) is 33.4. The third kappa shape index (κ3) is 6.52. The van der Waals surface area contributed by atoms with Gasteiger partial charge in [0.05, 0.1) is 12.8 Å². The van der Waals surface area contributed by atoms with E-state index in [1.165, 1.54) is 39.8 Å². The number of rotatable bonds is 10. The number of hydrogen-bond donors (Lipinski definition) is 2. The molecule has 0 atom stereocenters. The summed E-state index contributed by atoms with van der Waals surface area (Å²) in [6.45, 7) is 12.5. The van der Waals surface area contributed by atoms with Crippen LogP contribution in [0, 0.1) is 17.7 Å². The first kappa shape index (κ1) is 31.8. The van der Waals surface area contributed by atoms with Crippen molar-refractivity contribution in [1.29, 1.82) is 0 Å². The predicted octanol–water partition coefficient (Wildman–Crippen LogP) is 8.56. The van der Waals surface area contributed by atoms with Crippen LogP contribution in [0.3, 0.4) is 0 Å². The molecule has 0 amide bonds. The molecule has 9 heteroatoms. The Morgan fingerprint density at radius 3 is 2.60 bits per heavy atom. The Labute approximate surface area is 280 Å². The van der Waals surface area contributed by atoms with Gasteiger partial charge in [-0.2, -0.15) is 0 Å². The third-order valence-electron chi connectivity index (χ3n) is 9.49. The van der Waals surface area contributed by atoms with Crippen LogP contribution in [0.1, 0.15) is 68.1 Å². The fraction of sp³-hybridized carbons (Fsp3) is 0.359. The minimum Gasteiger partial charge on any atom is -0.461 e. The van der Waals surface area contributed by atoms with Crippen LogP contribution in [0.15, 0.2) is 73.1 Å². The zero-order valence-corrected chi connectivity index (χ0v) is 28.1. The molecule has 3 aromatic carbocycles. The van der Waals surface area contributed by atoms with Gasteiger partial charge in [-0.05, 0) is 96.3 Å². The number of H-pyrrole nitrogens is 2. The van der Waals surface area contributed by atoms with Gasteiger partial charge in [-0.3, -0.25) is 9.58 Å². The van der Waals surface area contributed by atoms with E-state index in [0.29, 0.717) is 40.6 Å². The quantitative estimate of drug-likeness (QED) is 0.146. The van der Waals surface area contributed by atoms with Crippen molar-refractivity contribution in [2.75, 3.05) is 19.7 Å². The van der Waals surface area contributed by atoms with Crippen molar-refractivity contribution in [2.24, 2.45) is 11.8 Å². The van der Waals surface area contributed by atoms with Gasteiger partial charge in [0.1, 0.15) is 17.2 Å². The monoisotopic (exact) mass is 646 g/mol. The highest BCUT2D eigenvalue weighted by Crippen LogP contribution is 2.36. The van der Waals surface area contributed by atoms with Crippen molar-refractivity contribution >= 4 is 27.8 Å². The minimum atomic E-state index is -0.481. The molecular formula is C39H43FN6O2. The van der Waals surface area contributed by atoms with E-state index in [1.807, 2.05) is 30.9 Å². The fourth-order valence-corrected chi connectivity index (χ4v) is 7.00. The fourth-order valence-electron chi connectivity index (χ4n) is 7.00. The summed E-state index contributed by atoms with van der Waals surface area (Å²) in [5, 5.41) is 10.7. The van der Waals surface area contributed by atoms with Crippen LogP contribution in [0.25, 0.3) is 44.2 Å². The van der Waals surface area contributed by atoms with E-state index in [0.717, 1.165) is 44.5 Å². The molecule has 1 fully saturated rings. The summed E-state index contributed by atoms with van der Waals surface area (Å²) in [5.41, 5.74) is 8.45. The Kier molecular flexibility index (Phi) is 8.88. The molecule has 1 aliphatic heterocycles. The van der Waals surface area contributed by atoms with Gasteiger partial charge in [-0.15, -0.1) is 5.10 Å². The number of carbonyl (C=O) groups is 1. The number of likely N-dealkylation sites (tertiary alicyclic amines) is 1. The second-order valence-corrected chi connectivity index (χ2v) is 13.9. The van der Waals surface area contributed by atoms with E-state index in [-0.39, 0.29) is 17.4 Å². The van der Waals surface area contributed by atoms with Gasteiger partial charge in [0.2, 0.25) is 0 Å². The highest BCUT2D eigenvalue weighted by atomic mass is 19.1. The maximum Gasteiger partial charge on any atom is 0.355 e. The zero-order valence-electron chi connectivity index (χ0n) is 28.1. The van der Waals surface area contributed by atoms with Gasteiger partial charge < -0.3 is 14.7 Å². The second-order valence-electron chi connectivity index (χ2n) is 13.9. The van der Waals surface area contributed by atoms with E-state index < -0.39 is 5.97 Å². The van der Waals surface area contributed by atoms with Crippen molar-refractivity contribution < 1.29 is 13.9 Å². The van der Waals surface area contributed by atoms with Crippen LogP contribution in [0.5, 0.6) is 0 Å². The summed E-state index contributed by atoms with van der Waals surface area (Å²) < 4.78 is 21.7. The number of carbonyl (C=O) groups excluding carboxylic acids is 1. The normalized spacial score (nSPS) is 14.6. The lowest BCUT2D eigenvalue weighted by molar-refractivity contribution is 0.0454. The number of ether oxygens (including phenoxy) is 1. The highest BCUT2D eigenvalue weighted by molar-refractivity contribution is 6.07. The summed E-state index contributed by atoms with van der Waals surface area (Å²) in [4.78, 5) is 22.1. The molecule has 0 radical (unpaired) electrons. The third-order valence-corrected chi connectivity index (χ3v) is 9.49. The summed E-state index contributed by atoms with van der Waals surface area (Å²) in [6, 6.07) is 20.1. The van der Waals surface area contributed by atoms with Crippen molar-refractivity contribution in [3.05, 3.63) is 95.7 Å². The van der Waals surface area contributed by atoms with Gasteiger partial charge in [0.15, 0.2) is 0 Å². The SMILES string of the molecule is CC(C)COC(=O)c1[nH]c2ccc(F)cc2c1-c1cn(CC2CCN(Cc3ccc(-c4cccc5[nH]ccc45)c(C(C)C)c3)CC2)nn1. The lowest BCUT2D eigenvalue weighted by atomic mass is 9.89. The van der Waals surface area contributed by atoms with Crippen LogP contribution >= 0.6 is 0 Å². The molecule has 1 aliphatic rings. The number of aromatic amines is 2. The average molecular weight is 647 g/mol. The van der Waals surface area contributed by atoms with Crippen molar-refractivity contribution in [2.45, 2.75) is 59.5 Å². The topological polar surface area (TPSA) is 91.8 Å². The second kappa shape index (κ2) is 13.4. The van der Waals surface area contributed by atoms with Crippen LogP contribution in [0.2, 0.25) is 0 Å². The smallest absolute Gasteiger partial charge is 0.355 e. The molecule has 0 bridgehead atoms. The van der Waals surface area contributed by atoms with Crippen LogP contribution in [-0.4, -0.2) is 55.5 Å². The highest BCUT2D eigenvalue weighted by Gasteiger charge is 2.25. The lowest BCUT2D eigenvalue weighted by Gasteiger charge is -2.32. The van der Waals surface area contributed by atoms with E-state index in [2.05, 4.69) is 81.5 Å². The Bertz CT molecular complexity index is 2060. The van der Waals surface area contributed by atoms with Crippen molar-refractivity contribution in [3.8, 4) is 22.4 Å². The first-order valence-electron chi connectivity index (χ1n) is 17.0. The maximum absolute atomic E-state index is 14.3. The Morgan fingerprint density at radius 1 is 0.979 bits per heavy atom. The van der Waals surface area contributed by atoms with Crippen LogP contribution in [-0.2, 0) is 17.8 Å². The Hall–Kier alpha value is -4.76. The lowest BCUT2D eigenvalue weighted by Crippen LogP contribution is -2.34. The van der Waals surface area contributed by atoms with Gasteiger partial charge >= 0.3 is 5.97 Å². The molecule has 0 aliphatic carbocycles. The van der Waals surface area contributed by atoms with Gasteiger partial charge in [-0.25, -0.2) is 9.18 Å². The summed E-state index contributed by atoms with van der Waals surface area (Å²) in [6.07, 6.45) is 6.00. The number of esters is 1.